The van der Waals surface area contributed by atoms with Crippen molar-refractivity contribution in [1.82, 2.24) is 10.2 Å². The summed E-state index contributed by atoms with van der Waals surface area (Å²) in [7, 11) is 0. The Hall–Kier alpha value is -0.820. The van der Waals surface area contributed by atoms with E-state index in [1.54, 1.807) is 0 Å². The first-order valence-electron chi connectivity index (χ1n) is 10.5. The Kier molecular flexibility index (Phi) is 7.82. The quantitative estimate of drug-likeness (QED) is 0.390. The molecule has 0 aromatic heterocycles. The van der Waals surface area contributed by atoms with E-state index in [0.29, 0.717) is 5.92 Å². The van der Waals surface area contributed by atoms with Crippen LogP contribution < -0.4 is 5.32 Å². The first-order chi connectivity index (χ1) is 12.8. The molecule has 0 spiro atoms. The first kappa shape index (κ1) is 20.9. The molecule has 1 saturated carbocycles. The predicted molar refractivity (Wildman–Crippen MR) is 122 cm³/mol. The second-order valence-electron chi connectivity index (χ2n) is 8.16. The third kappa shape index (κ3) is 4.97. The standard InChI is InChI=1S/C22H33N3O.HI/c1-2-23-22(25-15-19-10-6-7-11-20(19)16-25)24-14-18-12-13-26-21(18)17-8-4-3-5-9-17;/h3-5,8-9,18-21H,2,6-7,10-16H2,1H3,(H,23,24);1H. The molecule has 3 aliphatic rings. The molecule has 0 bridgehead atoms. The van der Waals surface area contributed by atoms with Gasteiger partial charge in [-0.15, -0.1) is 24.0 Å². The molecule has 0 amide bonds. The van der Waals surface area contributed by atoms with Crippen LogP contribution in [0.2, 0.25) is 0 Å². The predicted octanol–water partition coefficient (Wildman–Crippen LogP) is 4.47. The van der Waals surface area contributed by atoms with Gasteiger partial charge in [0.05, 0.1) is 6.10 Å². The lowest BCUT2D eigenvalue weighted by molar-refractivity contribution is 0.0925. The van der Waals surface area contributed by atoms with Crippen molar-refractivity contribution in [2.75, 3.05) is 32.8 Å². The molecule has 4 unspecified atom stereocenters. The van der Waals surface area contributed by atoms with E-state index in [9.17, 15) is 0 Å². The third-order valence-electron chi connectivity index (χ3n) is 6.43. The van der Waals surface area contributed by atoms with E-state index in [1.807, 2.05) is 0 Å². The fourth-order valence-electron chi connectivity index (χ4n) is 5.04. The summed E-state index contributed by atoms with van der Waals surface area (Å²) in [5, 5.41) is 3.55. The fourth-order valence-corrected chi connectivity index (χ4v) is 5.04. The maximum Gasteiger partial charge on any atom is 0.193 e. The molecular formula is C22H34IN3O. The Balaban J connectivity index is 0.00000210. The summed E-state index contributed by atoms with van der Waals surface area (Å²) in [5.41, 5.74) is 1.29. The van der Waals surface area contributed by atoms with Crippen LogP contribution in [0.3, 0.4) is 0 Å². The minimum absolute atomic E-state index is 0. The highest BCUT2D eigenvalue weighted by Gasteiger charge is 2.36. The van der Waals surface area contributed by atoms with Crippen LogP contribution in [0.1, 0.15) is 50.7 Å². The number of aliphatic imine (C=N–C) groups is 1. The van der Waals surface area contributed by atoms with Gasteiger partial charge in [-0.3, -0.25) is 4.99 Å². The van der Waals surface area contributed by atoms with Crippen LogP contribution in [-0.4, -0.2) is 43.6 Å². The molecular weight excluding hydrogens is 449 g/mol. The van der Waals surface area contributed by atoms with Crippen molar-refractivity contribution in [3.63, 3.8) is 0 Å². The van der Waals surface area contributed by atoms with E-state index in [1.165, 1.54) is 44.3 Å². The molecule has 2 saturated heterocycles. The maximum absolute atomic E-state index is 6.04. The molecule has 4 rings (SSSR count). The van der Waals surface area contributed by atoms with E-state index < -0.39 is 0 Å². The molecule has 1 aromatic carbocycles. The average Bonchev–Trinajstić information content (AvgIpc) is 3.32. The van der Waals surface area contributed by atoms with Gasteiger partial charge in [0.25, 0.3) is 0 Å². The molecule has 5 heteroatoms. The van der Waals surface area contributed by atoms with Crippen molar-refractivity contribution in [2.24, 2.45) is 22.7 Å². The Morgan fingerprint density at radius 3 is 2.48 bits per heavy atom. The number of ether oxygens (including phenoxy) is 1. The van der Waals surface area contributed by atoms with Crippen molar-refractivity contribution < 1.29 is 4.74 Å². The van der Waals surface area contributed by atoms with E-state index >= 15 is 0 Å². The van der Waals surface area contributed by atoms with Crippen molar-refractivity contribution in [3.8, 4) is 0 Å². The van der Waals surface area contributed by atoms with Gasteiger partial charge in [0.2, 0.25) is 0 Å². The fraction of sp³-hybridized carbons (Fsp3) is 0.682. The summed E-state index contributed by atoms with van der Waals surface area (Å²) in [6.45, 7) is 7.20. The molecule has 4 nitrogen and oxygen atoms in total. The number of likely N-dealkylation sites (tertiary alicyclic amines) is 1. The average molecular weight is 483 g/mol. The number of guanidine groups is 1. The topological polar surface area (TPSA) is 36.9 Å². The van der Waals surface area contributed by atoms with Crippen LogP contribution in [0.4, 0.5) is 0 Å². The Morgan fingerprint density at radius 2 is 1.81 bits per heavy atom. The molecule has 1 aromatic rings. The lowest BCUT2D eigenvalue weighted by atomic mass is 9.82. The van der Waals surface area contributed by atoms with Crippen molar-refractivity contribution in [3.05, 3.63) is 35.9 Å². The van der Waals surface area contributed by atoms with Crippen LogP contribution in [-0.2, 0) is 4.74 Å². The van der Waals surface area contributed by atoms with Gasteiger partial charge in [0.15, 0.2) is 5.96 Å². The summed E-state index contributed by atoms with van der Waals surface area (Å²) in [6.07, 6.45) is 6.96. The smallest absolute Gasteiger partial charge is 0.193 e. The molecule has 4 atom stereocenters. The van der Waals surface area contributed by atoms with Crippen LogP contribution in [0.5, 0.6) is 0 Å². The highest BCUT2D eigenvalue weighted by molar-refractivity contribution is 14.0. The molecule has 3 fully saturated rings. The number of nitrogens with zero attached hydrogens (tertiary/aromatic N) is 2. The molecule has 1 N–H and O–H groups in total. The number of hydrogen-bond acceptors (Lipinski definition) is 2. The number of benzene rings is 1. The summed E-state index contributed by atoms with van der Waals surface area (Å²) in [6, 6.07) is 10.6. The number of hydrogen-bond donors (Lipinski definition) is 1. The lowest BCUT2D eigenvalue weighted by Gasteiger charge is -2.23. The highest BCUT2D eigenvalue weighted by Crippen LogP contribution is 2.37. The number of nitrogens with one attached hydrogen (secondary N) is 1. The zero-order chi connectivity index (χ0) is 17.8. The van der Waals surface area contributed by atoms with Crippen LogP contribution >= 0.6 is 24.0 Å². The second kappa shape index (κ2) is 10.1. The number of halogens is 1. The van der Waals surface area contributed by atoms with Crippen LogP contribution in [0, 0.1) is 17.8 Å². The monoisotopic (exact) mass is 483 g/mol. The van der Waals surface area contributed by atoms with Crippen molar-refractivity contribution in [2.45, 2.75) is 45.1 Å². The van der Waals surface area contributed by atoms with Gasteiger partial charge >= 0.3 is 0 Å². The lowest BCUT2D eigenvalue weighted by Crippen LogP contribution is -2.40. The Bertz CT molecular complexity index is 595. The Labute approximate surface area is 181 Å². The molecule has 1 aliphatic carbocycles. The summed E-state index contributed by atoms with van der Waals surface area (Å²) in [4.78, 5) is 7.59. The normalized spacial score (nSPS) is 30.7. The SMILES string of the molecule is CCNC(=NCC1CCOC1c1ccccc1)N1CC2CCCCC2C1.I. The summed E-state index contributed by atoms with van der Waals surface area (Å²) in [5.74, 6) is 3.38. The van der Waals surface area contributed by atoms with Gasteiger partial charge in [-0.25, -0.2) is 0 Å². The van der Waals surface area contributed by atoms with Gasteiger partial charge in [-0.05, 0) is 43.6 Å². The van der Waals surface area contributed by atoms with Crippen molar-refractivity contribution >= 4 is 29.9 Å². The minimum atomic E-state index is 0. The number of rotatable bonds is 4. The third-order valence-corrected chi connectivity index (χ3v) is 6.43. The van der Waals surface area contributed by atoms with Crippen LogP contribution in [0.15, 0.2) is 35.3 Å². The van der Waals surface area contributed by atoms with Gasteiger partial charge < -0.3 is 15.0 Å². The molecule has 150 valence electrons. The maximum atomic E-state index is 6.04. The number of fused-ring (bicyclic) bond motifs is 1. The zero-order valence-corrected chi connectivity index (χ0v) is 18.8. The van der Waals surface area contributed by atoms with Crippen molar-refractivity contribution in [1.29, 1.82) is 0 Å². The first-order valence-corrected chi connectivity index (χ1v) is 10.5. The Morgan fingerprint density at radius 1 is 1.11 bits per heavy atom. The largest absolute Gasteiger partial charge is 0.373 e. The summed E-state index contributed by atoms with van der Waals surface area (Å²) < 4.78 is 6.04. The van der Waals surface area contributed by atoms with Gasteiger partial charge in [0, 0.05) is 38.7 Å². The molecule has 2 aliphatic heterocycles. The zero-order valence-electron chi connectivity index (χ0n) is 16.5. The van der Waals surface area contributed by atoms with E-state index in [-0.39, 0.29) is 30.1 Å². The van der Waals surface area contributed by atoms with E-state index in [4.69, 9.17) is 9.73 Å². The molecule has 2 heterocycles. The van der Waals surface area contributed by atoms with Crippen LogP contribution in [0.25, 0.3) is 0 Å². The highest BCUT2D eigenvalue weighted by atomic mass is 127. The van der Waals surface area contributed by atoms with E-state index in [0.717, 1.165) is 43.9 Å². The molecule has 27 heavy (non-hydrogen) atoms. The second-order valence-corrected chi connectivity index (χ2v) is 8.16. The van der Waals surface area contributed by atoms with E-state index in [2.05, 4.69) is 47.5 Å². The van der Waals surface area contributed by atoms with Gasteiger partial charge in [0.1, 0.15) is 0 Å². The summed E-state index contributed by atoms with van der Waals surface area (Å²) >= 11 is 0. The van der Waals surface area contributed by atoms with Gasteiger partial charge in [-0.1, -0.05) is 43.2 Å². The molecule has 0 radical (unpaired) electrons. The van der Waals surface area contributed by atoms with Gasteiger partial charge in [-0.2, -0.15) is 0 Å². The minimum Gasteiger partial charge on any atom is -0.373 e.